The van der Waals surface area contributed by atoms with Crippen LogP contribution in [0.5, 0.6) is 0 Å². The Morgan fingerprint density at radius 1 is 0.667 bits per heavy atom. The topological polar surface area (TPSA) is 200 Å². The summed E-state index contributed by atoms with van der Waals surface area (Å²) < 4.78 is 45.7. The molecule has 144 valence electrons. The highest BCUT2D eigenvalue weighted by Gasteiger charge is 2.34. The summed E-state index contributed by atoms with van der Waals surface area (Å²) in [6.07, 6.45) is 1.06. The molecular weight excluding hydrogens is 393 g/mol. The van der Waals surface area contributed by atoms with Crippen LogP contribution in [0.3, 0.4) is 0 Å². The van der Waals surface area contributed by atoms with Gasteiger partial charge in [0.2, 0.25) is 0 Å². The summed E-state index contributed by atoms with van der Waals surface area (Å²) in [4.78, 5) is 52.5. The molecule has 2 unspecified atom stereocenters. The van der Waals surface area contributed by atoms with E-state index in [1.807, 2.05) is 0 Å². The molecule has 0 saturated heterocycles. The molecule has 12 nitrogen and oxygen atoms in total. The van der Waals surface area contributed by atoms with Gasteiger partial charge < -0.3 is 29.4 Å². The summed E-state index contributed by atoms with van der Waals surface area (Å²) in [7, 11) is -14.0. The summed E-state index contributed by atoms with van der Waals surface area (Å²) in [6.45, 7) is -0.958. The van der Waals surface area contributed by atoms with Crippen molar-refractivity contribution in [3.05, 3.63) is 0 Å². The van der Waals surface area contributed by atoms with E-state index in [-0.39, 0.29) is 32.2 Å². The van der Waals surface area contributed by atoms with Crippen LogP contribution in [0.25, 0.3) is 0 Å². The fraction of sp³-hybridized carbons (Fsp3) is 1.00. The molecule has 0 heterocycles. The third-order valence-corrected chi connectivity index (χ3v) is 5.10. The first-order valence-electron chi connectivity index (χ1n) is 6.85. The largest absolute Gasteiger partial charge is 0.469 e. The minimum Gasteiger partial charge on any atom is -0.303 e. The van der Waals surface area contributed by atoms with Crippen LogP contribution < -0.4 is 0 Å². The van der Waals surface area contributed by atoms with Gasteiger partial charge in [0.1, 0.15) is 0 Å². The highest BCUT2D eigenvalue weighted by molar-refractivity contribution is 7.46. The molecule has 3 atom stereocenters. The van der Waals surface area contributed by atoms with E-state index < -0.39 is 35.3 Å². The first kappa shape index (κ1) is 22.4. The monoisotopic (exact) mass is 414 g/mol. The molecule has 0 spiro atoms. The first-order valence-corrected chi connectivity index (χ1v) is 11.4. The van der Waals surface area contributed by atoms with Crippen LogP contribution in [0.2, 0.25) is 0 Å². The maximum absolute atomic E-state index is 10.8. The molecule has 0 amide bonds. The average Bonchev–Trinajstić information content (AvgIpc) is 2.39. The molecule has 0 aromatic rings. The van der Waals surface area contributed by atoms with E-state index in [4.69, 9.17) is 29.4 Å². The number of hydrogen-bond acceptors (Lipinski definition) is 6. The molecule has 0 aliphatic heterocycles. The van der Waals surface area contributed by atoms with Crippen molar-refractivity contribution in [2.45, 2.75) is 19.3 Å². The van der Waals surface area contributed by atoms with Crippen molar-refractivity contribution < 1.29 is 56.6 Å². The van der Waals surface area contributed by atoms with Crippen LogP contribution in [-0.2, 0) is 27.3 Å². The van der Waals surface area contributed by atoms with E-state index in [9.17, 15) is 13.7 Å². The highest BCUT2D eigenvalue weighted by atomic mass is 31.2. The van der Waals surface area contributed by atoms with E-state index in [1.165, 1.54) is 0 Å². The van der Waals surface area contributed by atoms with Crippen LogP contribution in [0.4, 0.5) is 0 Å². The Balaban J connectivity index is 2.65. The number of phosphoric acid groups is 3. The third-order valence-electron chi connectivity index (χ3n) is 3.64. The molecule has 1 aliphatic carbocycles. The Bertz CT molecular complexity index is 534. The molecule has 1 rings (SSSR count). The normalized spacial score (nSPS) is 26.5. The molecular formula is C9H21O12P3. The van der Waals surface area contributed by atoms with E-state index in [1.54, 1.807) is 0 Å². The minimum atomic E-state index is -4.72. The Morgan fingerprint density at radius 3 is 1.54 bits per heavy atom. The van der Waals surface area contributed by atoms with Gasteiger partial charge in [0.15, 0.2) is 0 Å². The zero-order chi connectivity index (χ0) is 18.6. The van der Waals surface area contributed by atoms with Gasteiger partial charge >= 0.3 is 23.5 Å². The minimum absolute atomic E-state index is 0.245. The van der Waals surface area contributed by atoms with Gasteiger partial charge in [-0.3, -0.25) is 13.6 Å². The Kier molecular flexibility index (Phi) is 8.22. The van der Waals surface area contributed by atoms with Gasteiger partial charge in [0.25, 0.3) is 0 Å². The summed E-state index contributed by atoms with van der Waals surface area (Å²) in [6, 6.07) is 0. The van der Waals surface area contributed by atoms with Gasteiger partial charge in [-0.15, -0.1) is 0 Å². The molecule has 0 aromatic carbocycles. The van der Waals surface area contributed by atoms with Crippen molar-refractivity contribution in [3.63, 3.8) is 0 Å². The van der Waals surface area contributed by atoms with Crippen LogP contribution in [0.1, 0.15) is 19.3 Å². The lowest BCUT2D eigenvalue weighted by molar-refractivity contribution is 0.0418. The van der Waals surface area contributed by atoms with Crippen LogP contribution in [-0.4, -0.2) is 49.2 Å². The van der Waals surface area contributed by atoms with Gasteiger partial charge in [-0.25, -0.2) is 13.7 Å². The standard InChI is InChI=1S/C9H21O12P3/c10-22(11,12)19-4-7-1-2-8(5-20-23(13,14)15)9(3-7)6-21-24(16,17)18/h7-9H,1-6H2,(H2,10,11,12)(H2,13,14,15)(H2,16,17,18)/t7?,8?,9-/m0/s1. The van der Waals surface area contributed by atoms with E-state index >= 15 is 0 Å². The SMILES string of the molecule is O=P(O)(O)OCC1CCC(COP(=O)(O)O)[C@H](COP(=O)(O)O)C1. The van der Waals surface area contributed by atoms with E-state index in [0.29, 0.717) is 12.8 Å². The third kappa shape index (κ3) is 10.4. The summed E-state index contributed by atoms with van der Waals surface area (Å²) >= 11 is 0. The second kappa shape index (κ2) is 8.81. The molecule has 24 heavy (non-hydrogen) atoms. The smallest absolute Gasteiger partial charge is 0.303 e. The van der Waals surface area contributed by atoms with Gasteiger partial charge in [-0.2, -0.15) is 0 Å². The molecule has 0 radical (unpaired) electrons. The summed E-state index contributed by atoms with van der Waals surface area (Å²) in [5.41, 5.74) is 0. The molecule has 15 heteroatoms. The van der Waals surface area contributed by atoms with Gasteiger partial charge in [0.05, 0.1) is 19.8 Å². The lowest BCUT2D eigenvalue weighted by atomic mass is 9.75. The fourth-order valence-electron chi connectivity index (χ4n) is 2.59. The Morgan fingerprint density at radius 2 is 1.08 bits per heavy atom. The Hall–Kier alpha value is 0.330. The first-order chi connectivity index (χ1) is 10.8. The molecule has 1 fully saturated rings. The zero-order valence-corrected chi connectivity index (χ0v) is 15.1. The van der Waals surface area contributed by atoms with Crippen molar-refractivity contribution >= 4 is 23.5 Å². The van der Waals surface area contributed by atoms with Gasteiger partial charge in [-0.05, 0) is 37.0 Å². The van der Waals surface area contributed by atoms with Crippen molar-refractivity contribution in [2.24, 2.45) is 17.8 Å². The lowest BCUT2D eigenvalue weighted by Crippen LogP contribution is -2.32. The molecule has 0 bridgehead atoms. The molecule has 0 aromatic heterocycles. The van der Waals surface area contributed by atoms with Crippen molar-refractivity contribution in [2.75, 3.05) is 19.8 Å². The number of phosphoric ester groups is 3. The summed E-state index contributed by atoms with van der Waals surface area (Å²) in [5.74, 6) is -1.26. The van der Waals surface area contributed by atoms with E-state index in [2.05, 4.69) is 13.6 Å². The maximum atomic E-state index is 10.8. The van der Waals surface area contributed by atoms with Crippen LogP contribution in [0.15, 0.2) is 0 Å². The predicted molar refractivity (Wildman–Crippen MR) is 78.3 cm³/mol. The predicted octanol–water partition coefficient (Wildman–Crippen LogP) is 0.347. The fourth-order valence-corrected chi connectivity index (χ4v) is 3.76. The van der Waals surface area contributed by atoms with Gasteiger partial charge in [-0.1, -0.05) is 0 Å². The number of rotatable bonds is 9. The average molecular weight is 414 g/mol. The van der Waals surface area contributed by atoms with Crippen molar-refractivity contribution in [3.8, 4) is 0 Å². The molecule has 6 N–H and O–H groups in total. The molecule has 1 aliphatic rings. The van der Waals surface area contributed by atoms with Crippen LogP contribution >= 0.6 is 23.5 Å². The van der Waals surface area contributed by atoms with Crippen LogP contribution in [0, 0.1) is 17.8 Å². The second-order valence-corrected chi connectivity index (χ2v) is 9.28. The van der Waals surface area contributed by atoms with Crippen molar-refractivity contribution in [1.82, 2.24) is 0 Å². The quantitative estimate of drug-likeness (QED) is 0.283. The Labute approximate surface area is 137 Å². The zero-order valence-electron chi connectivity index (χ0n) is 12.4. The number of hydrogen-bond donors (Lipinski definition) is 6. The highest BCUT2D eigenvalue weighted by Crippen LogP contribution is 2.44. The maximum Gasteiger partial charge on any atom is 0.469 e. The second-order valence-electron chi connectivity index (χ2n) is 5.56. The van der Waals surface area contributed by atoms with Crippen molar-refractivity contribution in [1.29, 1.82) is 0 Å². The molecule has 1 saturated carbocycles. The summed E-state index contributed by atoms with van der Waals surface area (Å²) in [5, 5.41) is 0. The van der Waals surface area contributed by atoms with E-state index in [0.717, 1.165) is 0 Å². The lowest BCUT2D eigenvalue weighted by Gasteiger charge is -2.35. The van der Waals surface area contributed by atoms with Gasteiger partial charge in [0, 0.05) is 0 Å².